The number of oxazole rings is 1. The average Bonchev–Trinajstić information content (AvgIpc) is 3.24. The number of nitrogens with zero attached hydrogens (tertiary/aromatic N) is 3. The first-order chi connectivity index (χ1) is 12.7. The number of hydrogen-bond acceptors (Lipinski definition) is 5. The number of aromatic nitrogens is 3. The molecule has 7 heteroatoms. The molecule has 2 aromatic heterocycles. The van der Waals surface area contributed by atoms with Gasteiger partial charge in [0.25, 0.3) is 5.91 Å². The van der Waals surface area contributed by atoms with E-state index in [1.165, 1.54) is 6.39 Å². The van der Waals surface area contributed by atoms with Crippen LogP contribution in [0.15, 0.2) is 29.0 Å². The minimum absolute atomic E-state index is 0.0686. The van der Waals surface area contributed by atoms with Crippen LogP contribution in [0.5, 0.6) is 5.75 Å². The van der Waals surface area contributed by atoms with Crippen molar-refractivity contribution in [2.75, 3.05) is 20.2 Å². The van der Waals surface area contributed by atoms with E-state index in [0.29, 0.717) is 31.1 Å². The second-order valence-corrected chi connectivity index (χ2v) is 6.54. The van der Waals surface area contributed by atoms with Gasteiger partial charge in [-0.25, -0.2) is 9.97 Å². The zero-order valence-corrected chi connectivity index (χ0v) is 15.0. The molecule has 1 aromatic carbocycles. The molecular formula is C19H22N4O3. The van der Waals surface area contributed by atoms with Crippen LogP contribution in [-0.4, -0.2) is 46.0 Å². The van der Waals surface area contributed by atoms with E-state index >= 15 is 0 Å². The number of hydrogen-bond donors (Lipinski definition) is 1. The lowest BCUT2D eigenvalue weighted by Crippen LogP contribution is -2.33. The Labute approximate surface area is 151 Å². The molecule has 0 unspecified atom stereocenters. The summed E-state index contributed by atoms with van der Waals surface area (Å²) in [6, 6.07) is 5.74. The largest absolute Gasteiger partial charge is 0.497 e. The summed E-state index contributed by atoms with van der Waals surface area (Å²) in [6.07, 6.45) is 4.17. The molecule has 1 aliphatic rings. The lowest BCUT2D eigenvalue weighted by atomic mass is 10.2. The molecular weight excluding hydrogens is 332 g/mol. The number of carbonyl (C=O) groups is 1. The van der Waals surface area contributed by atoms with E-state index < -0.39 is 0 Å². The molecule has 0 radical (unpaired) electrons. The Kier molecular flexibility index (Phi) is 4.36. The number of likely N-dealkylation sites (N-methyl/N-ethyl adjacent to an activating group) is 1. The molecule has 4 rings (SSSR count). The Morgan fingerprint density at radius 1 is 1.42 bits per heavy atom. The first-order valence-electron chi connectivity index (χ1n) is 8.95. The maximum atomic E-state index is 12.8. The van der Waals surface area contributed by atoms with Crippen molar-refractivity contribution in [2.45, 2.75) is 32.1 Å². The monoisotopic (exact) mass is 354 g/mol. The van der Waals surface area contributed by atoms with Crippen LogP contribution in [0, 0.1) is 0 Å². The highest BCUT2D eigenvalue weighted by Gasteiger charge is 2.33. The van der Waals surface area contributed by atoms with E-state index in [9.17, 15) is 4.79 Å². The second-order valence-electron chi connectivity index (χ2n) is 6.54. The fourth-order valence-electron chi connectivity index (χ4n) is 3.13. The number of benzene rings is 1. The Hall–Kier alpha value is -2.83. The minimum Gasteiger partial charge on any atom is -0.497 e. The van der Waals surface area contributed by atoms with Gasteiger partial charge in [-0.2, -0.15) is 0 Å². The number of H-pyrrole nitrogens is 1. The summed E-state index contributed by atoms with van der Waals surface area (Å²) in [5.74, 6) is 2.67. The second kappa shape index (κ2) is 6.82. The van der Waals surface area contributed by atoms with Crippen LogP contribution in [0.25, 0.3) is 11.0 Å². The number of amides is 1. The average molecular weight is 354 g/mol. The van der Waals surface area contributed by atoms with E-state index in [4.69, 9.17) is 9.15 Å². The molecule has 2 heterocycles. The van der Waals surface area contributed by atoms with Crippen molar-refractivity contribution in [2.24, 2.45) is 0 Å². The van der Waals surface area contributed by atoms with E-state index in [1.807, 2.05) is 25.1 Å². The Morgan fingerprint density at radius 2 is 2.27 bits per heavy atom. The highest BCUT2D eigenvalue weighted by molar-refractivity contribution is 5.93. The molecule has 0 spiro atoms. The van der Waals surface area contributed by atoms with Crippen LogP contribution in [0.3, 0.4) is 0 Å². The van der Waals surface area contributed by atoms with Crippen LogP contribution in [0.1, 0.15) is 47.8 Å². The molecule has 0 aliphatic heterocycles. The van der Waals surface area contributed by atoms with Crippen molar-refractivity contribution in [1.82, 2.24) is 19.9 Å². The van der Waals surface area contributed by atoms with Gasteiger partial charge in [-0.05, 0) is 31.9 Å². The van der Waals surface area contributed by atoms with Crippen molar-refractivity contribution in [3.63, 3.8) is 0 Å². The normalized spacial score (nSPS) is 13.9. The van der Waals surface area contributed by atoms with Gasteiger partial charge in [0, 0.05) is 31.5 Å². The third-order valence-corrected chi connectivity index (χ3v) is 4.77. The molecule has 1 fully saturated rings. The van der Waals surface area contributed by atoms with Crippen molar-refractivity contribution >= 4 is 16.9 Å². The van der Waals surface area contributed by atoms with E-state index in [2.05, 4.69) is 15.0 Å². The number of imidazole rings is 1. The predicted molar refractivity (Wildman–Crippen MR) is 96.4 cm³/mol. The molecule has 136 valence electrons. The molecule has 1 amide bonds. The third-order valence-electron chi connectivity index (χ3n) is 4.77. The SMILES string of the molecule is CCN(CCc1nc2ccc(OC)cc2[nH]1)C(=O)c1ncoc1C1CC1. The topological polar surface area (TPSA) is 84.3 Å². The molecule has 3 aromatic rings. The lowest BCUT2D eigenvalue weighted by molar-refractivity contribution is 0.0758. The number of rotatable bonds is 7. The van der Waals surface area contributed by atoms with Gasteiger partial charge in [-0.1, -0.05) is 0 Å². The van der Waals surface area contributed by atoms with Crippen molar-refractivity contribution < 1.29 is 13.9 Å². The summed E-state index contributed by atoms with van der Waals surface area (Å²) >= 11 is 0. The lowest BCUT2D eigenvalue weighted by Gasteiger charge is -2.19. The quantitative estimate of drug-likeness (QED) is 0.704. The molecule has 1 saturated carbocycles. The van der Waals surface area contributed by atoms with Gasteiger partial charge in [0.15, 0.2) is 12.1 Å². The Balaban J connectivity index is 1.46. The number of ether oxygens (including phenoxy) is 1. The number of methoxy groups -OCH3 is 1. The number of fused-ring (bicyclic) bond motifs is 1. The third kappa shape index (κ3) is 3.16. The summed E-state index contributed by atoms with van der Waals surface area (Å²) in [4.78, 5) is 26.7. The van der Waals surface area contributed by atoms with Crippen LogP contribution >= 0.6 is 0 Å². The highest BCUT2D eigenvalue weighted by Crippen LogP contribution is 2.41. The van der Waals surface area contributed by atoms with Crippen molar-refractivity contribution in [3.8, 4) is 5.75 Å². The van der Waals surface area contributed by atoms with E-state index in [0.717, 1.165) is 41.2 Å². The van der Waals surface area contributed by atoms with Crippen LogP contribution in [0.4, 0.5) is 0 Å². The number of nitrogens with one attached hydrogen (secondary N) is 1. The smallest absolute Gasteiger partial charge is 0.276 e. The maximum Gasteiger partial charge on any atom is 0.276 e. The maximum absolute atomic E-state index is 12.8. The van der Waals surface area contributed by atoms with Gasteiger partial charge < -0.3 is 19.0 Å². The standard InChI is InChI=1S/C19H22N4O3/c1-3-23(19(24)17-18(12-4-5-12)26-11-20-17)9-8-16-21-14-7-6-13(25-2)10-15(14)22-16/h6-7,10-12H,3-5,8-9H2,1-2H3,(H,21,22). The zero-order valence-electron chi connectivity index (χ0n) is 15.0. The van der Waals surface area contributed by atoms with Gasteiger partial charge in [0.1, 0.15) is 17.3 Å². The van der Waals surface area contributed by atoms with Gasteiger partial charge >= 0.3 is 0 Å². The van der Waals surface area contributed by atoms with Gasteiger partial charge in [-0.3, -0.25) is 4.79 Å². The fourth-order valence-corrected chi connectivity index (χ4v) is 3.13. The highest BCUT2D eigenvalue weighted by atomic mass is 16.5. The molecule has 0 saturated heterocycles. The van der Waals surface area contributed by atoms with Crippen LogP contribution in [0.2, 0.25) is 0 Å². The number of carbonyl (C=O) groups excluding carboxylic acids is 1. The minimum atomic E-state index is -0.0686. The van der Waals surface area contributed by atoms with Crippen LogP contribution in [-0.2, 0) is 6.42 Å². The summed E-state index contributed by atoms with van der Waals surface area (Å²) in [7, 11) is 1.64. The number of aromatic amines is 1. The summed E-state index contributed by atoms with van der Waals surface area (Å²) in [5, 5.41) is 0. The Bertz CT molecular complexity index is 926. The van der Waals surface area contributed by atoms with E-state index in [-0.39, 0.29) is 5.91 Å². The van der Waals surface area contributed by atoms with Crippen molar-refractivity contribution in [1.29, 1.82) is 0 Å². The molecule has 1 N–H and O–H groups in total. The van der Waals surface area contributed by atoms with Crippen LogP contribution < -0.4 is 4.74 Å². The molecule has 1 aliphatic carbocycles. The fraction of sp³-hybridized carbons (Fsp3) is 0.421. The molecule has 26 heavy (non-hydrogen) atoms. The summed E-state index contributed by atoms with van der Waals surface area (Å²) < 4.78 is 10.7. The van der Waals surface area contributed by atoms with Gasteiger partial charge in [0.2, 0.25) is 0 Å². The van der Waals surface area contributed by atoms with Gasteiger partial charge in [0.05, 0.1) is 18.1 Å². The predicted octanol–water partition coefficient (Wildman–Crippen LogP) is 3.14. The molecule has 0 bridgehead atoms. The summed E-state index contributed by atoms with van der Waals surface area (Å²) in [6.45, 7) is 3.16. The Morgan fingerprint density at radius 3 is 3.00 bits per heavy atom. The first-order valence-corrected chi connectivity index (χ1v) is 8.95. The zero-order chi connectivity index (χ0) is 18.1. The first kappa shape index (κ1) is 16.6. The van der Waals surface area contributed by atoms with Crippen molar-refractivity contribution in [3.05, 3.63) is 41.9 Å². The molecule has 0 atom stereocenters. The summed E-state index contributed by atoms with van der Waals surface area (Å²) in [5.41, 5.74) is 2.28. The van der Waals surface area contributed by atoms with Gasteiger partial charge in [-0.15, -0.1) is 0 Å². The molecule has 7 nitrogen and oxygen atoms in total. The van der Waals surface area contributed by atoms with E-state index in [1.54, 1.807) is 12.0 Å².